The largest absolute Gasteiger partial charge is 0.377 e. The van der Waals surface area contributed by atoms with Crippen LogP contribution in [0.5, 0.6) is 0 Å². The normalized spacial score (nSPS) is 10.9. The van der Waals surface area contributed by atoms with Gasteiger partial charge >= 0.3 is 0 Å². The van der Waals surface area contributed by atoms with Gasteiger partial charge in [0.15, 0.2) is 5.96 Å². The lowest BCUT2D eigenvalue weighted by Crippen LogP contribution is -2.38. The Morgan fingerprint density at radius 2 is 1.58 bits per heavy atom. The number of rotatable bonds is 9. The fourth-order valence-corrected chi connectivity index (χ4v) is 2.61. The van der Waals surface area contributed by atoms with E-state index in [9.17, 15) is 0 Å². The van der Waals surface area contributed by atoms with Gasteiger partial charge in [-0.15, -0.1) is 24.0 Å². The van der Waals surface area contributed by atoms with Crippen LogP contribution in [0.25, 0.3) is 0 Å². The summed E-state index contributed by atoms with van der Waals surface area (Å²) in [6, 6.07) is 20.7. The number of aliphatic imine (C=N–C) groups is 1. The van der Waals surface area contributed by atoms with Gasteiger partial charge in [-0.1, -0.05) is 60.7 Å². The van der Waals surface area contributed by atoms with Gasteiger partial charge in [-0.25, -0.2) is 0 Å². The first-order valence-electron chi connectivity index (χ1n) is 8.87. The van der Waals surface area contributed by atoms with Gasteiger partial charge in [0.05, 0.1) is 6.61 Å². The summed E-state index contributed by atoms with van der Waals surface area (Å²) in [4.78, 5) is 6.50. The first kappa shape index (κ1) is 22.4. The van der Waals surface area contributed by atoms with E-state index in [1.54, 1.807) is 0 Å². The molecule has 0 heterocycles. The summed E-state index contributed by atoms with van der Waals surface area (Å²) in [7, 11) is 3.89. The Morgan fingerprint density at radius 1 is 0.962 bits per heavy atom. The standard InChI is InChI=1S/C21H29N3O.HI/c1-22-21(24(2)17-19-11-5-3-6-12-19)23-15-9-10-16-25-18-20-13-7-4-8-14-20;/h3-8,11-14H,9-10,15-18H2,1-2H3,(H,22,23);1H. The van der Waals surface area contributed by atoms with Crippen molar-refractivity contribution in [1.29, 1.82) is 0 Å². The summed E-state index contributed by atoms with van der Waals surface area (Å²) < 4.78 is 5.71. The highest BCUT2D eigenvalue weighted by molar-refractivity contribution is 14.0. The van der Waals surface area contributed by atoms with Crippen molar-refractivity contribution < 1.29 is 4.74 Å². The predicted molar refractivity (Wildman–Crippen MR) is 120 cm³/mol. The summed E-state index contributed by atoms with van der Waals surface area (Å²) in [5.41, 5.74) is 2.51. The van der Waals surface area contributed by atoms with Gasteiger partial charge < -0.3 is 15.0 Å². The van der Waals surface area contributed by atoms with Gasteiger partial charge in [-0.05, 0) is 24.0 Å². The Hall–Kier alpha value is -1.60. The Morgan fingerprint density at radius 3 is 2.19 bits per heavy atom. The van der Waals surface area contributed by atoms with Crippen molar-refractivity contribution in [2.24, 2.45) is 4.99 Å². The van der Waals surface area contributed by atoms with Crippen molar-refractivity contribution in [1.82, 2.24) is 10.2 Å². The Balaban J connectivity index is 0.00000338. The third-order valence-electron chi connectivity index (χ3n) is 3.95. The average molecular weight is 467 g/mol. The van der Waals surface area contributed by atoms with Gasteiger partial charge in [0, 0.05) is 33.8 Å². The van der Waals surface area contributed by atoms with Gasteiger partial charge in [0.1, 0.15) is 0 Å². The number of nitrogens with one attached hydrogen (secondary N) is 1. The van der Waals surface area contributed by atoms with Gasteiger partial charge in [-0.3, -0.25) is 4.99 Å². The molecular weight excluding hydrogens is 437 g/mol. The summed E-state index contributed by atoms with van der Waals surface area (Å²) >= 11 is 0. The zero-order chi connectivity index (χ0) is 17.7. The Kier molecular flexibility index (Phi) is 11.7. The first-order chi connectivity index (χ1) is 12.3. The fraction of sp³-hybridized carbons (Fsp3) is 0.381. The number of hydrogen-bond donors (Lipinski definition) is 1. The molecule has 0 aromatic heterocycles. The first-order valence-corrected chi connectivity index (χ1v) is 8.87. The highest BCUT2D eigenvalue weighted by atomic mass is 127. The second-order valence-corrected chi connectivity index (χ2v) is 6.06. The molecule has 2 aromatic carbocycles. The van der Waals surface area contributed by atoms with Crippen LogP contribution >= 0.6 is 24.0 Å². The average Bonchev–Trinajstić information content (AvgIpc) is 2.65. The summed E-state index contributed by atoms with van der Waals surface area (Å²) in [5, 5.41) is 3.42. The maximum Gasteiger partial charge on any atom is 0.193 e. The molecule has 26 heavy (non-hydrogen) atoms. The zero-order valence-corrected chi connectivity index (χ0v) is 18.1. The number of benzene rings is 2. The van der Waals surface area contributed by atoms with E-state index in [0.717, 1.165) is 38.5 Å². The van der Waals surface area contributed by atoms with Crippen molar-refractivity contribution in [3.05, 3.63) is 71.8 Å². The molecule has 0 aliphatic carbocycles. The molecule has 2 aromatic rings. The summed E-state index contributed by atoms with van der Waals surface area (Å²) in [6.45, 7) is 3.23. The Labute approximate surface area is 174 Å². The molecule has 0 fully saturated rings. The lowest BCUT2D eigenvalue weighted by Gasteiger charge is -2.22. The molecule has 0 aliphatic heterocycles. The number of ether oxygens (including phenoxy) is 1. The topological polar surface area (TPSA) is 36.9 Å². The second kappa shape index (κ2) is 13.6. The van der Waals surface area contributed by atoms with E-state index in [4.69, 9.17) is 4.74 Å². The lowest BCUT2D eigenvalue weighted by molar-refractivity contribution is 0.117. The predicted octanol–water partition coefficient (Wildman–Crippen LogP) is 4.31. The van der Waals surface area contributed by atoms with Crippen LogP contribution < -0.4 is 5.32 Å². The van der Waals surface area contributed by atoms with Crippen molar-refractivity contribution in [2.75, 3.05) is 27.2 Å². The highest BCUT2D eigenvalue weighted by Gasteiger charge is 2.05. The highest BCUT2D eigenvalue weighted by Crippen LogP contribution is 2.03. The van der Waals surface area contributed by atoms with E-state index in [1.807, 2.05) is 31.3 Å². The van der Waals surface area contributed by atoms with Gasteiger partial charge in [0.25, 0.3) is 0 Å². The molecule has 0 bridgehead atoms. The summed E-state index contributed by atoms with van der Waals surface area (Å²) in [5.74, 6) is 0.925. The van der Waals surface area contributed by atoms with Crippen molar-refractivity contribution >= 4 is 29.9 Å². The number of unbranched alkanes of at least 4 members (excludes halogenated alkanes) is 1. The zero-order valence-electron chi connectivity index (χ0n) is 15.7. The maximum atomic E-state index is 5.71. The fourth-order valence-electron chi connectivity index (χ4n) is 2.61. The third kappa shape index (κ3) is 8.67. The smallest absolute Gasteiger partial charge is 0.193 e. The van der Waals surface area contributed by atoms with Gasteiger partial charge in [0.2, 0.25) is 0 Å². The minimum Gasteiger partial charge on any atom is -0.377 e. The molecule has 2 rings (SSSR count). The molecule has 0 atom stereocenters. The van der Waals surface area contributed by atoms with Crippen molar-refractivity contribution in [2.45, 2.75) is 26.0 Å². The molecule has 5 heteroatoms. The SMILES string of the molecule is CN=C(NCCCCOCc1ccccc1)N(C)Cc1ccccc1.I. The molecule has 142 valence electrons. The van der Waals surface area contributed by atoms with Crippen LogP contribution in [-0.2, 0) is 17.9 Å². The Bertz CT molecular complexity index is 620. The molecule has 0 unspecified atom stereocenters. The van der Waals surface area contributed by atoms with Crippen LogP contribution in [-0.4, -0.2) is 38.1 Å². The monoisotopic (exact) mass is 467 g/mol. The van der Waals surface area contributed by atoms with Crippen LogP contribution in [0.4, 0.5) is 0 Å². The van der Waals surface area contributed by atoms with E-state index in [2.05, 4.69) is 58.7 Å². The number of hydrogen-bond acceptors (Lipinski definition) is 2. The summed E-state index contributed by atoms with van der Waals surface area (Å²) in [6.07, 6.45) is 2.10. The quantitative estimate of drug-likeness (QED) is 0.259. The van der Waals surface area contributed by atoms with E-state index in [-0.39, 0.29) is 24.0 Å². The molecule has 0 amide bonds. The molecule has 0 saturated heterocycles. The number of halogens is 1. The van der Waals surface area contributed by atoms with Crippen LogP contribution in [0, 0.1) is 0 Å². The molecule has 0 saturated carbocycles. The maximum absolute atomic E-state index is 5.71. The van der Waals surface area contributed by atoms with E-state index in [1.165, 1.54) is 11.1 Å². The van der Waals surface area contributed by atoms with Crippen LogP contribution in [0.1, 0.15) is 24.0 Å². The van der Waals surface area contributed by atoms with Crippen molar-refractivity contribution in [3.63, 3.8) is 0 Å². The third-order valence-corrected chi connectivity index (χ3v) is 3.95. The minimum absolute atomic E-state index is 0. The molecular formula is C21H30IN3O. The van der Waals surface area contributed by atoms with Gasteiger partial charge in [-0.2, -0.15) is 0 Å². The van der Waals surface area contributed by atoms with Crippen LogP contribution in [0.15, 0.2) is 65.7 Å². The van der Waals surface area contributed by atoms with Crippen LogP contribution in [0.2, 0.25) is 0 Å². The molecule has 0 aliphatic rings. The minimum atomic E-state index is 0. The number of guanidine groups is 1. The van der Waals surface area contributed by atoms with E-state index >= 15 is 0 Å². The van der Waals surface area contributed by atoms with Crippen molar-refractivity contribution in [3.8, 4) is 0 Å². The molecule has 1 N–H and O–H groups in total. The molecule has 0 radical (unpaired) electrons. The number of nitrogens with zero attached hydrogens (tertiary/aromatic N) is 2. The van der Waals surface area contributed by atoms with E-state index < -0.39 is 0 Å². The second-order valence-electron chi connectivity index (χ2n) is 6.06. The van der Waals surface area contributed by atoms with Crippen LogP contribution in [0.3, 0.4) is 0 Å². The van der Waals surface area contributed by atoms with E-state index in [0.29, 0.717) is 6.61 Å². The lowest BCUT2D eigenvalue weighted by atomic mass is 10.2. The molecule has 4 nitrogen and oxygen atoms in total. The molecule has 0 spiro atoms.